The zero-order valence-electron chi connectivity index (χ0n) is 11.1. The Morgan fingerprint density at radius 2 is 2.15 bits per heavy atom. The maximum absolute atomic E-state index is 11.4. The number of aromatic nitrogens is 1. The fourth-order valence-corrected chi connectivity index (χ4v) is 1.74. The van der Waals surface area contributed by atoms with E-state index in [2.05, 4.69) is 10.3 Å². The predicted molar refractivity (Wildman–Crippen MR) is 76.1 cm³/mol. The van der Waals surface area contributed by atoms with Gasteiger partial charge in [-0.3, -0.25) is 0 Å². The highest BCUT2D eigenvalue weighted by Gasteiger charge is 2.12. The third kappa shape index (κ3) is 3.99. The molecule has 0 amide bonds. The van der Waals surface area contributed by atoms with Crippen LogP contribution in [0.1, 0.15) is 23.0 Å². The van der Waals surface area contributed by atoms with Gasteiger partial charge in [-0.05, 0) is 31.0 Å². The van der Waals surface area contributed by atoms with Crippen molar-refractivity contribution in [2.24, 2.45) is 0 Å². The third-order valence-corrected chi connectivity index (χ3v) is 2.84. The minimum absolute atomic E-state index is 0.167. The van der Waals surface area contributed by atoms with Crippen LogP contribution in [0.3, 0.4) is 0 Å². The van der Waals surface area contributed by atoms with Gasteiger partial charge in [0, 0.05) is 11.6 Å². The molecule has 0 aliphatic heterocycles. The molecule has 0 spiro atoms. The van der Waals surface area contributed by atoms with Gasteiger partial charge in [0.05, 0.1) is 6.61 Å². The predicted octanol–water partition coefficient (Wildman–Crippen LogP) is 3.16. The van der Waals surface area contributed by atoms with Crippen LogP contribution in [0.15, 0.2) is 34.9 Å². The van der Waals surface area contributed by atoms with Crippen molar-refractivity contribution in [3.8, 4) is 0 Å². The first-order valence-corrected chi connectivity index (χ1v) is 6.68. The number of nitrogens with zero attached hydrogens (tertiary/aromatic N) is 1. The number of rotatable bonds is 6. The molecule has 0 saturated heterocycles. The molecular formula is C14H15ClN2O3. The summed E-state index contributed by atoms with van der Waals surface area (Å²) in [5.74, 6) is -0.484. The summed E-state index contributed by atoms with van der Waals surface area (Å²) in [5, 5.41) is 3.72. The quantitative estimate of drug-likeness (QED) is 0.829. The van der Waals surface area contributed by atoms with Crippen molar-refractivity contribution >= 4 is 23.6 Å². The van der Waals surface area contributed by atoms with E-state index in [9.17, 15) is 4.79 Å². The normalized spacial score (nSPS) is 10.3. The van der Waals surface area contributed by atoms with Crippen molar-refractivity contribution in [3.63, 3.8) is 0 Å². The number of esters is 1. The van der Waals surface area contributed by atoms with Crippen LogP contribution in [0.4, 0.5) is 6.01 Å². The molecule has 0 unspecified atom stereocenters. The van der Waals surface area contributed by atoms with Gasteiger partial charge >= 0.3 is 5.97 Å². The summed E-state index contributed by atoms with van der Waals surface area (Å²) >= 11 is 5.82. The summed E-state index contributed by atoms with van der Waals surface area (Å²) in [6, 6.07) is 7.93. The van der Waals surface area contributed by atoms with Crippen molar-refractivity contribution in [3.05, 3.63) is 46.8 Å². The van der Waals surface area contributed by atoms with Gasteiger partial charge in [-0.1, -0.05) is 23.7 Å². The van der Waals surface area contributed by atoms with E-state index in [1.54, 1.807) is 6.92 Å². The molecule has 0 atom stereocenters. The number of nitrogens with one attached hydrogen (secondary N) is 1. The van der Waals surface area contributed by atoms with Crippen LogP contribution in [-0.4, -0.2) is 24.1 Å². The van der Waals surface area contributed by atoms with Crippen molar-refractivity contribution in [1.29, 1.82) is 0 Å². The Hall–Kier alpha value is -2.01. The van der Waals surface area contributed by atoms with E-state index < -0.39 is 5.97 Å². The second-order valence-electron chi connectivity index (χ2n) is 4.06. The van der Waals surface area contributed by atoms with Crippen LogP contribution < -0.4 is 5.32 Å². The van der Waals surface area contributed by atoms with Gasteiger partial charge in [-0.15, -0.1) is 0 Å². The van der Waals surface area contributed by atoms with Crippen LogP contribution in [0, 0.1) is 0 Å². The molecule has 0 fully saturated rings. The van der Waals surface area contributed by atoms with E-state index in [1.165, 1.54) is 6.26 Å². The Morgan fingerprint density at radius 3 is 2.85 bits per heavy atom. The maximum Gasteiger partial charge on any atom is 0.360 e. The average Bonchev–Trinajstić information content (AvgIpc) is 2.90. The Kier molecular flexibility index (Phi) is 5.01. The molecule has 20 heavy (non-hydrogen) atoms. The molecule has 2 rings (SSSR count). The number of halogens is 1. The molecule has 1 N–H and O–H groups in total. The summed E-state index contributed by atoms with van der Waals surface area (Å²) < 4.78 is 9.97. The molecule has 2 aromatic rings. The monoisotopic (exact) mass is 294 g/mol. The van der Waals surface area contributed by atoms with Crippen LogP contribution >= 0.6 is 11.6 Å². The molecule has 0 radical (unpaired) electrons. The van der Waals surface area contributed by atoms with Crippen LogP contribution in [-0.2, 0) is 11.2 Å². The summed E-state index contributed by atoms with van der Waals surface area (Å²) in [6.45, 7) is 2.69. The fraction of sp³-hybridized carbons (Fsp3) is 0.286. The van der Waals surface area contributed by atoms with Crippen LogP contribution in [0.5, 0.6) is 0 Å². The Morgan fingerprint density at radius 1 is 1.40 bits per heavy atom. The lowest BCUT2D eigenvalue weighted by Crippen LogP contribution is -2.07. The van der Waals surface area contributed by atoms with E-state index in [1.807, 2.05) is 24.3 Å². The molecular weight excluding hydrogens is 280 g/mol. The minimum Gasteiger partial charge on any atom is -0.461 e. The SMILES string of the molecule is CCOC(=O)c1coc(NCCc2ccc(Cl)cc2)n1. The van der Waals surface area contributed by atoms with Crippen molar-refractivity contribution in [2.45, 2.75) is 13.3 Å². The van der Waals surface area contributed by atoms with Gasteiger partial charge in [0.2, 0.25) is 0 Å². The lowest BCUT2D eigenvalue weighted by atomic mass is 10.1. The molecule has 0 saturated carbocycles. The molecule has 0 bridgehead atoms. The maximum atomic E-state index is 11.4. The Bertz CT molecular complexity index is 566. The molecule has 106 valence electrons. The van der Waals surface area contributed by atoms with Gasteiger partial charge in [-0.25, -0.2) is 4.79 Å². The number of anilines is 1. The van der Waals surface area contributed by atoms with E-state index >= 15 is 0 Å². The zero-order valence-corrected chi connectivity index (χ0v) is 11.8. The number of oxazole rings is 1. The number of hydrogen-bond donors (Lipinski definition) is 1. The average molecular weight is 295 g/mol. The van der Waals surface area contributed by atoms with Crippen molar-refractivity contribution in [1.82, 2.24) is 4.98 Å². The van der Waals surface area contributed by atoms with E-state index in [0.717, 1.165) is 12.0 Å². The molecule has 1 aromatic heterocycles. The second kappa shape index (κ2) is 6.96. The minimum atomic E-state index is -0.484. The van der Waals surface area contributed by atoms with Crippen LogP contribution in [0.2, 0.25) is 5.02 Å². The molecule has 1 heterocycles. The number of benzene rings is 1. The van der Waals surface area contributed by atoms with E-state index in [-0.39, 0.29) is 5.69 Å². The number of hydrogen-bond acceptors (Lipinski definition) is 5. The molecule has 5 nitrogen and oxygen atoms in total. The lowest BCUT2D eigenvalue weighted by molar-refractivity contribution is 0.0519. The van der Waals surface area contributed by atoms with Gasteiger partial charge in [0.15, 0.2) is 5.69 Å². The standard InChI is InChI=1S/C14H15ClN2O3/c1-2-19-13(18)12-9-20-14(17-12)16-8-7-10-3-5-11(15)6-4-10/h3-6,9H,2,7-8H2,1H3,(H,16,17). The number of carbonyl (C=O) groups is 1. The highest BCUT2D eigenvalue weighted by molar-refractivity contribution is 6.30. The second-order valence-corrected chi connectivity index (χ2v) is 4.50. The van der Waals surface area contributed by atoms with Crippen molar-refractivity contribution < 1.29 is 13.9 Å². The van der Waals surface area contributed by atoms with Gasteiger partial charge in [0.25, 0.3) is 6.01 Å². The van der Waals surface area contributed by atoms with Gasteiger partial charge in [0.1, 0.15) is 6.26 Å². The first-order valence-electron chi connectivity index (χ1n) is 6.30. The van der Waals surface area contributed by atoms with Crippen LogP contribution in [0.25, 0.3) is 0 Å². The first-order chi connectivity index (χ1) is 9.69. The number of ether oxygens (including phenoxy) is 1. The highest BCUT2D eigenvalue weighted by atomic mass is 35.5. The molecule has 0 aliphatic carbocycles. The first kappa shape index (κ1) is 14.4. The Balaban J connectivity index is 1.82. The summed E-state index contributed by atoms with van der Waals surface area (Å²) in [6.07, 6.45) is 2.08. The Labute approximate surface area is 121 Å². The smallest absolute Gasteiger partial charge is 0.360 e. The third-order valence-electron chi connectivity index (χ3n) is 2.59. The molecule has 6 heteroatoms. The topological polar surface area (TPSA) is 64.4 Å². The summed E-state index contributed by atoms with van der Waals surface area (Å²) in [5.41, 5.74) is 1.32. The molecule has 1 aromatic carbocycles. The summed E-state index contributed by atoms with van der Waals surface area (Å²) in [7, 11) is 0. The van der Waals surface area contributed by atoms with Gasteiger partial charge in [-0.2, -0.15) is 4.98 Å². The number of carbonyl (C=O) groups excluding carboxylic acids is 1. The summed E-state index contributed by atoms with van der Waals surface area (Å²) in [4.78, 5) is 15.4. The molecule has 0 aliphatic rings. The van der Waals surface area contributed by atoms with E-state index in [4.69, 9.17) is 20.8 Å². The van der Waals surface area contributed by atoms with E-state index in [0.29, 0.717) is 24.2 Å². The fourth-order valence-electron chi connectivity index (χ4n) is 1.62. The largest absolute Gasteiger partial charge is 0.461 e. The lowest BCUT2D eigenvalue weighted by Gasteiger charge is -2.02. The zero-order chi connectivity index (χ0) is 14.4. The highest BCUT2D eigenvalue weighted by Crippen LogP contribution is 2.11. The van der Waals surface area contributed by atoms with Gasteiger partial charge < -0.3 is 14.5 Å². The van der Waals surface area contributed by atoms with Crippen molar-refractivity contribution in [2.75, 3.05) is 18.5 Å².